The first-order valence-corrected chi connectivity index (χ1v) is 10.6. The van der Waals surface area contributed by atoms with Crippen molar-refractivity contribution >= 4 is 40.2 Å². The lowest BCUT2D eigenvalue weighted by atomic mass is 10.1. The first-order chi connectivity index (χ1) is 15.2. The second-order valence-electron chi connectivity index (χ2n) is 6.61. The number of para-hydroxylation sites is 2. The van der Waals surface area contributed by atoms with E-state index in [0.717, 1.165) is 22.2 Å². The monoisotopic (exact) mass is 429 g/mol. The van der Waals surface area contributed by atoms with Crippen LogP contribution in [-0.4, -0.2) is 34.7 Å². The number of rotatable bonds is 6. The smallest absolute Gasteiger partial charge is 0.339 e. The molecule has 0 aliphatic rings. The molecule has 0 aliphatic heterocycles. The summed E-state index contributed by atoms with van der Waals surface area (Å²) >= 11 is 1.24. The lowest BCUT2D eigenvalue weighted by Crippen LogP contribution is -2.17. The van der Waals surface area contributed by atoms with Gasteiger partial charge < -0.3 is 10.1 Å². The summed E-state index contributed by atoms with van der Waals surface area (Å²) in [6.45, 7) is 0. The molecule has 7 heteroatoms. The Labute approximate surface area is 183 Å². The van der Waals surface area contributed by atoms with Gasteiger partial charge in [-0.15, -0.1) is 0 Å². The fourth-order valence-corrected chi connectivity index (χ4v) is 3.78. The average molecular weight is 430 g/mol. The summed E-state index contributed by atoms with van der Waals surface area (Å²) in [5.74, 6) is -0.671. The van der Waals surface area contributed by atoms with Crippen molar-refractivity contribution in [1.29, 1.82) is 0 Å². The molecule has 0 aliphatic carbocycles. The number of methoxy groups -OCH3 is 1. The van der Waals surface area contributed by atoms with E-state index in [9.17, 15) is 9.59 Å². The van der Waals surface area contributed by atoms with Crippen molar-refractivity contribution < 1.29 is 14.3 Å². The third-order valence-electron chi connectivity index (χ3n) is 4.57. The summed E-state index contributed by atoms with van der Waals surface area (Å²) in [7, 11) is 1.30. The zero-order valence-corrected chi connectivity index (χ0v) is 17.6. The number of carbonyl (C=O) groups excluding carboxylic acids is 2. The summed E-state index contributed by atoms with van der Waals surface area (Å²) in [6, 6.07) is 24.4. The predicted octanol–water partition coefficient (Wildman–Crippen LogP) is 4.81. The van der Waals surface area contributed by atoms with E-state index < -0.39 is 5.97 Å². The van der Waals surface area contributed by atoms with Crippen LogP contribution >= 0.6 is 11.8 Å². The summed E-state index contributed by atoms with van der Waals surface area (Å²) in [4.78, 5) is 33.7. The Morgan fingerprint density at radius 2 is 1.61 bits per heavy atom. The van der Waals surface area contributed by atoms with E-state index in [1.807, 2.05) is 54.6 Å². The number of hydrogen-bond acceptors (Lipinski definition) is 6. The van der Waals surface area contributed by atoms with Gasteiger partial charge in [-0.05, 0) is 18.2 Å². The Kier molecular flexibility index (Phi) is 6.24. The number of anilines is 1. The van der Waals surface area contributed by atoms with Gasteiger partial charge in [0.05, 0.1) is 35.3 Å². The van der Waals surface area contributed by atoms with Crippen molar-refractivity contribution in [2.45, 2.75) is 5.16 Å². The molecule has 3 aromatic carbocycles. The van der Waals surface area contributed by atoms with Gasteiger partial charge >= 0.3 is 5.97 Å². The molecule has 0 radical (unpaired) electrons. The number of esters is 1. The molecule has 1 aromatic heterocycles. The van der Waals surface area contributed by atoms with E-state index in [0.29, 0.717) is 16.4 Å². The number of nitrogens with one attached hydrogen (secondary N) is 1. The number of ether oxygens (including phenoxy) is 1. The van der Waals surface area contributed by atoms with Crippen LogP contribution in [0, 0.1) is 0 Å². The highest BCUT2D eigenvalue weighted by Crippen LogP contribution is 2.28. The first-order valence-electron chi connectivity index (χ1n) is 9.58. The number of amides is 1. The van der Waals surface area contributed by atoms with Crippen molar-refractivity contribution in [2.24, 2.45) is 0 Å². The molecule has 0 unspecified atom stereocenters. The van der Waals surface area contributed by atoms with E-state index >= 15 is 0 Å². The molecule has 0 saturated carbocycles. The second-order valence-corrected chi connectivity index (χ2v) is 7.55. The molecule has 4 aromatic rings. The van der Waals surface area contributed by atoms with Gasteiger partial charge in [-0.3, -0.25) is 4.79 Å². The molecule has 4 rings (SSSR count). The summed E-state index contributed by atoms with van der Waals surface area (Å²) < 4.78 is 4.77. The highest BCUT2D eigenvalue weighted by molar-refractivity contribution is 7.99. The number of benzene rings is 3. The highest BCUT2D eigenvalue weighted by Gasteiger charge is 2.15. The lowest BCUT2D eigenvalue weighted by molar-refractivity contribution is -0.113. The molecule has 1 amide bonds. The van der Waals surface area contributed by atoms with Crippen molar-refractivity contribution in [3.63, 3.8) is 0 Å². The topological polar surface area (TPSA) is 81.2 Å². The van der Waals surface area contributed by atoms with Gasteiger partial charge in [0.15, 0.2) is 5.16 Å². The fourth-order valence-electron chi connectivity index (χ4n) is 3.13. The molecular formula is C24H19N3O3S. The third kappa shape index (κ3) is 4.73. The quantitative estimate of drug-likeness (QED) is 0.269. The molecule has 6 nitrogen and oxygen atoms in total. The maximum absolute atomic E-state index is 12.5. The van der Waals surface area contributed by atoms with Crippen LogP contribution in [-0.2, 0) is 9.53 Å². The van der Waals surface area contributed by atoms with E-state index in [2.05, 4.69) is 10.3 Å². The van der Waals surface area contributed by atoms with Crippen LogP contribution < -0.4 is 5.32 Å². The number of hydrogen-bond donors (Lipinski definition) is 1. The van der Waals surface area contributed by atoms with Gasteiger partial charge in [-0.25, -0.2) is 14.8 Å². The van der Waals surface area contributed by atoms with Crippen LogP contribution in [0.1, 0.15) is 10.4 Å². The Morgan fingerprint density at radius 1 is 0.903 bits per heavy atom. The summed E-state index contributed by atoms with van der Waals surface area (Å²) in [6.07, 6.45) is 0. The van der Waals surface area contributed by atoms with Crippen molar-refractivity contribution in [2.75, 3.05) is 18.2 Å². The third-order valence-corrected chi connectivity index (χ3v) is 5.42. The zero-order valence-electron chi connectivity index (χ0n) is 16.7. The van der Waals surface area contributed by atoms with Gasteiger partial charge in [0, 0.05) is 10.9 Å². The van der Waals surface area contributed by atoms with Crippen LogP contribution in [0.25, 0.3) is 22.2 Å². The standard InChI is InChI=1S/C24H19N3O3S/c1-30-23(29)18-12-6-8-14-20(18)25-21(28)15-31-24-26-19-13-7-5-11-17(19)22(27-24)16-9-3-2-4-10-16/h2-14H,15H2,1H3,(H,25,28). The summed E-state index contributed by atoms with van der Waals surface area (Å²) in [5.41, 5.74) is 3.33. The van der Waals surface area contributed by atoms with Crippen molar-refractivity contribution in [1.82, 2.24) is 9.97 Å². The first kappa shape index (κ1) is 20.6. The lowest BCUT2D eigenvalue weighted by Gasteiger charge is -2.10. The number of aromatic nitrogens is 2. The minimum Gasteiger partial charge on any atom is -0.465 e. The zero-order chi connectivity index (χ0) is 21.6. The minimum atomic E-state index is -0.506. The number of carbonyl (C=O) groups is 2. The van der Waals surface area contributed by atoms with E-state index in [1.165, 1.54) is 18.9 Å². The maximum atomic E-state index is 12.5. The highest BCUT2D eigenvalue weighted by atomic mass is 32.2. The molecule has 154 valence electrons. The molecule has 0 spiro atoms. The minimum absolute atomic E-state index is 0.0993. The second kappa shape index (κ2) is 9.40. The van der Waals surface area contributed by atoms with E-state index in [4.69, 9.17) is 9.72 Å². The van der Waals surface area contributed by atoms with Gasteiger partial charge in [-0.1, -0.05) is 72.4 Å². The number of nitrogens with zero attached hydrogens (tertiary/aromatic N) is 2. The van der Waals surface area contributed by atoms with Crippen LogP contribution in [0.5, 0.6) is 0 Å². The number of thioether (sulfide) groups is 1. The van der Waals surface area contributed by atoms with Crippen LogP contribution in [0.4, 0.5) is 5.69 Å². The van der Waals surface area contributed by atoms with Gasteiger partial charge in [0.2, 0.25) is 5.91 Å². The molecular weight excluding hydrogens is 410 g/mol. The summed E-state index contributed by atoms with van der Waals surface area (Å²) in [5, 5.41) is 4.22. The molecule has 0 bridgehead atoms. The van der Waals surface area contributed by atoms with Gasteiger partial charge in [0.25, 0.3) is 0 Å². The molecule has 0 atom stereocenters. The van der Waals surface area contributed by atoms with Crippen LogP contribution in [0.2, 0.25) is 0 Å². The molecule has 1 heterocycles. The SMILES string of the molecule is COC(=O)c1ccccc1NC(=O)CSc1nc(-c2ccccc2)c2ccccc2n1. The van der Waals surface area contributed by atoms with Crippen molar-refractivity contribution in [3.8, 4) is 11.3 Å². The van der Waals surface area contributed by atoms with Crippen LogP contribution in [0.15, 0.2) is 84.0 Å². The Morgan fingerprint density at radius 3 is 2.42 bits per heavy atom. The molecule has 0 fully saturated rings. The predicted molar refractivity (Wildman–Crippen MR) is 122 cm³/mol. The molecule has 0 saturated heterocycles. The Balaban J connectivity index is 1.55. The normalized spacial score (nSPS) is 10.6. The van der Waals surface area contributed by atoms with Gasteiger partial charge in [-0.2, -0.15) is 0 Å². The van der Waals surface area contributed by atoms with Gasteiger partial charge in [0.1, 0.15) is 0 Å². The van der Waals surface area contributed by atoms with Crippen LogP contribution in [0.3, 0.4) is 0 Å². The number of fused-ring (bicyclic) bond motifs is 1. The molecule has 31 heavy (non-hydrogen) atoms. The Bertz CT molecular complexity index is 1250. The van der Waals surface area contributed by atoms with Crippen molar-refractivity contribution in [3.05, 3.63) is 84.4 Å². The largest absolute Gasteiger partial charge is 0.465 e. The average Bonchev–Trinajstić information content (AvgIpc) is 2.82. The Hall–Kier alpha value is -3.71. The van der Waals surface area contributed by atoms with E-state index in [-0.39, 0.29) is 11.7 Å². The van der Waals surface area contributed by atoms with E-state index in [1.54, 1.807) is 24.3 Å². The molecule has 1 N–H and O–H groups in total. The fraction of sp³-hybridized carbons (Fsp3) is 0.0833. The maximum Gasteiger partial charge on any atom is 0.339 e.